The number of rotatable bonds is 0. The summed E-state index contributed by atoms with van der Waals surface area (Å²) in [7, 11) is 0. The summed E-state index contributed by atoms with van der Waals surface area (Å²) in [5.41, 5.74) is 0. The lowest BCUT2D eigenvalue weighted by Crippen LogP contribution is -2.03. The molecule has 0 aliphatic carbocycles. The van der Waals surface area contributed by atoms with Crippen LogP contribution in [0.25, 0.3) is 0 Å². The third-order valence-corrected chi connectivity index (χ3v) is 0.970. The van der Waals surface area contributed by atoms with E-state index in [0.717, 1.165) is 1.33 Å². The van der Waals surface area contributed by atoms with Crippen molar-refractivity contribution in [3.05, 3.63) is 0 Å². The van der Waals surface area contributed by atoms with Crippen molar-refractivity contribution in [1.82, 2.24) is 1.33 Å². The molecule has 0 rings (SSSR count). The molecule has 1 N–H and O–H groups in total. The van der Waals surface area contributed by atoms with Gasteiger partial charge in [0.2, 0.25) is 0 Å². The number of carboxylic acid groups (broad SMARTS) is 1. The number of hydrogen-bond acceptors (Lipinski definition) is 1. The van der Waals surface area contributed by atoms with Gasteiger partial charge in [-0.2, -0.15) is 1.33 Å². The number of amides is 1. The van der Waals surface area contributed by atoms with Gasteiger partial charge in [-0.15, -0.1) is 0 Å². The molecule has 0 unspecified atom stereocenters. The fourth-order valence-electron chi connectivity index (χ4n) is 0. The summed E-state index contributed by atoms with van der Waals surface area (Å²) in [6, 6.07) is 0. The monoisotopic (exact) mass is 313 g/mol. The molecule has 0 aliphatic rings. The van der Waals surface area contributed by atoms with Crippen molar-refractivity contribution in [2.75, 3.05) is 0 Å². The van der Waals surface area contributed by atoms with Gasteiger partial charge < -0.3 is 5.11 Å². The minimum atomic E-state index is -0.934. The Morgan fingerprint density at radius 1 is 1.67 bits per heavy atom. The van der Waals surface area contributed by atoms with Crippen molar-refractivity contribution in [3.63, 3.8) is 0 Å². The minimum Gasteiger partial charge on any atom is -0.464 e. The summed E-state index contributed by atoms with van der Waals surface area (Å²) < 4.78 is 1.02. The van der Waals surface area contributed by atoms with E-state index in [1.54, 1.807) is 45.7 Å². The van der Waals surface area contributed by atoms with Gasteiger partial charge in [-0.05, 0) is 0 Å². The normalized spacial score (nSPS) is 7.67. The highest BCUT2D eigenvalue weighted by molar-refractivity contribution is 14.2. The average Bonchev–Trinajstić information content (AvgIpc) is 1.36. The summed E-state index contributed by atoms with van der Waals surface area (Å²) >= 11 is 3.31. The number of halogens is 2. The first-order chi connectivity index (χ1) is 2.64. The van der Waals surface area contributed by atoms with Crippen molar-refractivity contribution in [2.45, 2.75) is 0 Å². The Morgan fingerprint density at radius 3 is 1.83 bits per heavy atom. The molecule has 0 fully saturated rings. The smallest absolute Gasteiger partial charge is 0.425 e. The molecule has 0 aromatic rings. The van der Waals surface area contributed by atoms with E-state index >= 15 is 0 Å². The Balaban J connectivity index is 3.26. The van der Waals surface area contributed by atoms with Crippen LogP contribution in [0.1, 0.15) is 0 Å². The molecule has 0 radical (unpaired) electrons. The van der Waals surface area contributed by atoms with Gasteiger partial charge in [0, 0.05) is 0 Å². The van der Waals surface area contributed by atoms with E-state index in [1.165, 1.54) is 0 Å². The van der Waals surface area contributed by atoms with E-state index < -0.39 is 6.09 Å². The second-order valence-corrected chi connectivity index (χ2v) is 4.29. The average molecular weight is 313 g/mol. The van der Waals surface area contributed by atoms with Crippen LogP contribution in [0.5, 0.6) is 0 Å². The molecule has 6 heavy (non-hydrogen) atoms. The maximum Gasteiger partial charge on any atom is 0.425 e. The van der Waals surface area contributed by atoms with E-state index in [-0.39, 0.29) is 0 Å². The molecule has 0 heterocycles. The van der Waals surface area contributed by atoms with Crippen molar-refractivity contribution >= 4 is 51.8 Å². The van der Waals surface area contributed by atoms with Crippen molar-refractivity contribution in [2.24, 2.45) is 0 Å². The lowest BCUT2D eigenvalue weighted by Gasteiger charge is -1.92. The zero-order valence-corrected chi connectivity index (χ0v) is 6.87. The molecule has 0 bridgehead atoms. The molecule has 0 aromatic carbocycles. The summed E-state index contributed by atoms with van der Waals surface area (Å²) in [6.45, 7) is 0. The first-order valence-electron chi connectivity index (χ1n) is 0.989. The largest absolute Gasteiger partial charge is 0.464 e. The van der Waals surface area contributed by atoms with Crippen molar-refractivity contribution in [3.8, 4) is 0 Å². The molecule has 0 aliphatic heterocycles. The lowest BCUT2D eigenvalue weighted by atomic mass is 11.3. The topological polar surface area (TPSA) is 40.5 Å². The molecule has 36 valence electrons. The first kappa shape index (κ1) is 6.73. The Kier molecular flexibility index (Phi) is 3.17. The SMILES string of the molecule is O=C(O)N(I)I. The summed E-state index contributed by atoms with van der Waals surface area (Å²) in [5, 5.41) is 7.90. The van der Waals surface area contributed by atoms with E-state index in [0.29, 0.717) is 0 Å². The molecule has 0 atom stereocenters. The van der Waals surface area contributed by atoms with Crippen LogP contribution in [0.15, 0.2) is 0 Å². The molecular weight excluding hydrogens is 312 g/mol. The summed E-state index contributed by atoms with van der Waals surface area (Å²) in [6.07, 6.45) is -0.934. The van der Waals surface area contributed by atoms with Crippen molar-refractivity contribution in [1.29, 1.82) is 0 Å². The molecular formula is CHI2NO2. The van der Waals surface area contributed by atoms with Gasteiger partial charge in [0.25, 0.3) is 0 Å². The molecule has 0 spiro atoms. The zero-order chi connectivity index (χ0) is 5.15. The fraction of sp³-hybridized carbons (Fsp3) is 0. The quantitative estimate of drug-likeness (QED) is 0.546. The summed E-state index contributed by atoms with van der Waals surface area (Å²) in [5.74, 6) is 0. The van der Waals surface area contributed by atoms with Crippen LogP contribution in [-0.2, 0) is 0 Å². The van der Waals surface area contributed by atoms with Crippen molar-refractivity contribution < 1.29 is 9.90 Å². The third-order valence-electron chi connectivity index (χ3n) is 0.145. The first-order valence-corrected chi connectivity index (χ1v) is 2.92. The van der Waals surface area contributed by atoms with Gasteiger partial charge >= 0.3 is 6.09 Å². The molecule has 0 saturated carbocycles. The van der Waals surface area contributed by atoms with Gasteiger partial charge in [0.15, 0.2) is 0 Å². The van der Waals surface area contributed by atoms with Crippen LogP contribution in [0.2, 0.25) is 0 Å². The Bertz CT molecular complexity index is 62.6. The van der Waals surface area contributed by atoms with E-state index in [1.807, 2.05) is 0 Å². The summed E-state index contributed by atoms with van der Waals surface area (Å²) in [4.78, 5) is 9.61. The Morgan fingerprint density at radius 2 is 1.83 bits per heavy atom. The Hall–Kier alpha value is 0.730. The maximum absolute atomic E-state index is 9.61. The van der Waals surface area contributed by atoms with Gasteiger partial charge in [-0.1, -0.05) is 0 Å². The number of nitrogens with zero attached hydrogens (tertiary/aromatic N) is 1. The van der Waals surface area contributed by atoms with E-state index in [2.05, 4.69) is 0 Å². The molecule has 0 saturated heterocycles. The van der Waals surface area contributed by atoms with Gasteiger partial charge in [0.1, 0.15) is 0 Å². The molecule has 0 aromatic heterocycles. The third kappa shape index (κ3) is 2.94. The van der Waals surface area contributed by atoms with E-state index in [4.69, 9.17) is 5.11 Å². The minimum absolute atomic E-state index is 0.934. The molecule has 1 amide bonds. The standard InChI is InChI=1S/CHI2NO2/c2-4(3)1(5)6/h(H,5,6). The van der Waals surface area contributed by atoms with E-state index in [9.17, 15) is 4.79 Å². The van der Waals surface area contributed by atoms with Crippen LogP contribution in [-0.4, -0.2) is 12.5 Å². The highest BCUT2D eigenvalue weighted by Gasteiger charge is 1.97. The maximum atomic E-state index is 9.61. The Labute approximate surface area is 62.7 Å². The second kappa shape index (κ2) is 2.83. The van der Waals surface area contributed by atoms with Crippen LogP contribution in [0, 0.1) is 0 Å². The van der Waals surface area contributed by atoms with Crippen LogP contribution in [0.3, 0.4) is 0 Å². The molecule has 3 nitrogen and oxygen atoms in total. The van der Waals surface area contributed by atoms with Gasteiger partial charge in [-0.25, -0.2) is 4.79 Å². The predicted octanol–water partition coefficient (Wildman–Crippen LogP) is 1.67. The lowest BCUT2D eigenvalue weighted by molar-refractivity contribution is 0.195. The number of carbonyl (C=O) groups is 1. The molecule has 5 heteroatoms. The fourth-order valence-corrected chi connectivity index (χ4v) is 0. The number of hydrogen-bond donors (Lipinski definition) is 1. The van der Waals surface area contributed by atoms with Crippen LogP contribution in [0.4, 0.5) is 4.79 Å². The zero-order valence-electron chi connectivity index (χ0n) is 2.56. The highest BCUT2D eigenvalue weighted by Crippen LogP contribution is 2.05. The van der Waals surface area contributed by atoms with Gasteiger partial charge in [0.05, 0.1) is 45.7 Å². The predicted molar refractivity (Wildman–Crippen MR) is 37.9 cm³/mol. The van der Waals surface area contributed by atoms with Gasteiger partial charge in [-0.3, -0.25) is 0 Å². The van der Waals surface area contributed by atoms with Crippen LogP contribution >= 0.6 is 45.7 Å². The second-order valence-electron chi connectivity index (χ2n) is 0.515. The van der Waals surface area contributed by atoms with Crippen LogP contribution < -0.4 is 0 Å². The highest BCUT2D eigenvalue weighted by atomic mass is 127.